The van der Waals surface area contributed by atoms with Crippen molar-refractivity contribution in [3.05, 3.63) is 119 Å². The molecule has 0 radical (unpaired) electrons. The number of aromatic nitrogens is 1. The van der Waals surface area contributed by atoms with E-state index in [2.05, 4.69) is 0 Å². The molecule has 2 heterocycles. The molecule has 0 bridgehead atoms. The second kappa shape index (κ2) is 14.0. The van der Waals surface area contributed by atoms with E-state index in [0.717, 1.165) is 17.5 Å². The van der Waals surface area contributed by atoms with Gasteiger partial charge in [-0.1, -0.05) is 72.7 Å². The van der Waals surface area contributed by atoms with Crippen LogP contribution in [0.1, 0.15) is 49.4 Å². The van der Waals surface area contributed by atoms with Crippen molar-refractivity contribution < 1.29 is 23.7 Å². The molecular formula is C34H33ClN2O6S. The molecule has 0 amide bonds. The SMILES string of the molecule is CCCC1=C(C(=O)OCC)[C@H](c2cc(Cl)ccc2OC)n2c(s/c(=C/c3ccc(OCc4ccccc4)c(OC)c3)c2=O)=N1. The first-order valence-corrected chi connectivity index (χ1v) is 15.5. The number of allylic oxidation sites excluding steroid dienone is 1. The summed E-state index contributed by atoms with van der Waals surface area (Å²) in [7, 11) is 3.12. The Hall–Kier alpha value is -4.34. The Morgan fingerprint density at radius 2 is 1.75 bits per heavy atom. The Labute approximate surface area is 264 Å². The molecule has 1 aliphatic rings. The average molecular weight is 633 g/mol. The molecule has 3 aromatic carbocycles. The molecule has 4 aromatic rings. The number of carbonyl (C=O) groups excluding carboxylic acids is 1. The smallest absolute Gasteiger partial charge is 0.338 e. The van der Waals surface area contributed by atoms with E-state index < -0.39 is 12.0 Å². The quantitative estimate of drug-likeness (QED) is 0.193. The van der Waals surface area contributed by atoms with Gasteiger partial charge < -0.3 is 18.9 Å². The molecule has 0 saturated carbocycles. The van der Waals surface area contributed by atoms with Crippen LogP contribution in [0.4, 0.5) is 0 Å². The highest BCUT2D eigenvalue weighted by Gasteiger charge is 2.36. The fourth-order valence-corrected chi connectivity index (χ4v) is 6.31. The van der Waals surface area contributed by atoms with Gasteiger partial charge >= 0.3 is 5.97 Å². The largest absolute Gasteiger partial charge is 0.496 e. The molecule has 0 N–H and O–H groups in total. The number of ether oxygens (including phenoxy) is 4. The third-order valence-corrected chi connectivity index (χ3v) is 8.32. The van der Waals surface area contributed by atoms with Gasteiger partial charge in [0.1, 0.15) is 18.4 Å². The van der Waals surface area contributed by atoms with Gasteiger partial charge in [0.2, 0.25) is 0 Å². The number of hydrogen-bond donors (Lipinski definition) is 0. The van der Waals surface area contributed by atoms with E-state index in [-0.39, 0.29) is 12.2 Å². The van der Waals surface area contributed by atoms with E-state index in [1.165, 1.54) is 23.0 Å². The molecule has 5 rings (SSSR count). The molecule has 228 valence electrons. The van der Waals surface area contributed by atoms with Crippen LogP contribution in [-0.2, 0) is 16.1 Å². The summed E-state index contributed by atoms with van der Waals surface area (Å²) in [4.78, 5) is 32.9. The van der Waals surface area contributed by atoms with Gasteiger partial charge in [0.05, 0.1) is 36.6 Å². The predicted octanol–water partition coefficient (Wildman–Crippen LogP) is 5.83. The molecule has 1 aromatic heterocycles. The summed E-state index contributed by atoms with van der Waals surface area (Å²) in [6.07, 6.45) is 3.06. The molecule has 44 heavy (non-hydrogen) atoms. The summed E-state index contributed by atoms with van der Waals surface area (Å²) in [6.45, 7) is 4.33. The average Bonchev–Trinajstić information content (AvgIpc) is 3.34. The molecule has 8 nitrogen and oxygen atoms in total. The van der Waals surface area contributed by atoms with Gasteiger partial charge in [-0.2, -0.15) is 0 Å². The maximum atomic E-state index is 14.1. The molecule has 1 atom stereocenters. The van der Waals surface area contributed by atoms with Crippen LogP contribution in [0.25, 0.3) is 6.08 Å². The zero-order valence-electron chi connectivity index (χ0n) is 25.0. The lowest BCUT2D eigenvalue weighted by atomic mass is 9.93. The maximum Gasteiger partial charge on any atom is 0.338 e. The Morgan fingerprint density at radius 3 is 2.45 bits per heavy atom. The number of halogens is 1. The summed E-state index contributed by atoms with van der Waals surface area (Å²) in [5, 5.41) is 0.446. The van der Waals surface area contributed by atoms with Crippen molar-refractivity contribution in [3.63, 3.8) is 0 Å². The van der Waals surface area contributed by atoms with Crippen molar-refractivity contribution in [1.82, 2.24) is 4.57 Å². The van der Waals surface area contributed by atoms with Gasteiger partial charge in [0.15, 0.2) is 16.3 Å². The van der Waals surface area contributed by atoms with E-state index >= 15 is 0 Å². The van der Waals surface area contributed by atoms with Crippen molar-refractivity contribution in [2.75, 3.05) is 20.8 Å². The van der Waals surface area contributed by atoms with Gasteiger partial charge in [-0.25, -0.2) is 9.79 Å². The second-order valence-corrected chi connectivity index (χ2v) is 11.4. The van der Waals surface area contributed by atoms with Gasteiger partial charge in [-0.15, -0.1) is 0 Å². The lowest BCUT2D eigenvalue weighted by Crippen LogP contribution is -2.40. The highest BCUT2D eigenvalue weighted by atomic mass is 35.5. The van der Waals surface area contributed by atoms with Crippen LogP contribution in [0, 0.1) is 0 Å². The van der Waals surface area contributed by atoms with Gasteiger partial charge in [0, 0.05) is 10.6 Å². The van der Waals surface area contributed by atoms with E-state index in [4.69, 9.17) is 35.5 Å². The van der Waals surface area contributed by atoms with Crippen LogP contribution < -0.4 is 29.1 Å². The van der Waals surface area contributed by atoms with Crippen LogP contribution in [0.3, 0.4) is 0 Å². The van der Waals surface area contributed by atoms with Crippen LogP contribution in [-0.4, -0.2) is 31.4 Å². The summed E-state index contributed by atoms with van der Waals surface area (Å²) in [5.41, 5.74) is 2.93. The number of methoxy groups -OCH3 is 2. The number of carbonyl (C=O) groups is 1. The van der Waals surface area contributed by atoms with E-state index in [0.29, 0.717) is 61.5 Å². The van der Waals surface area contributed by atoms with Gasteiger partial charge in [-0.05, 0) is 60.9 Å². The summed E-state index contributed by atoms with van der Waals surface area (Å²) < 4.78 is 24.7. The van der Waals surface area contributed by atoms with Crippen LogP contribution in [0.5, 0.6) is 17.2 Å². The molecular weight excluding hydrogens is 600 g/mol. The lowest BCUT2D eigenvalue weighted by Gasteiger charge is -2.27. The maximum absolute atomic E-state index is 14.1. The normalized spacial score (nSPS) is 14.6. The number of esters is 1. The van der Waals surface area contributed by atoms with Crippen molar-refractivity contribution in [2.24, 2.45) is 4.99 Å². The topological polar surface area (TPSA) is 88.4 Å². The van der Waals surface area contributed by atoms with E-state index in [1.54, 1.807) is 38.3 Å². The van der Waals surface area contributed by atoms with Crippen LogP contribution >= 0.6 is 22.9 Å². The Kier molecular flexibility index (Phi) is 9.87. The fourth-order valence-electron chi connectivity index (χ4n) is 5.11. The lowest BCUT2D eigenvalue weighted by molar-refractivity contribution is -0.139. The van der Waals surface area contributed by atoms with Crippen molar-refractivity contribution in [3.8, 4) is 17.2 Å². The first-order valence-electron chi connectivity index (χ1n) is 14.3. The summed E-state index contributed by atoms with van der Waals surface area (Å²) >= 11 is 7.68. The van der Waals surface area contributed by atoms with Gasteiger partial charge in [0.25, 0.3) is 5.56 Å². The Balaban J connectivity index is 1.63. The number of rotatable bonds is 11. The zero-order chi connectivity index (χ0) is 31.2. The molecule has 1 aliphatic heterocycles. The minimum Gasteiger partial charge on any atom is -0.496 e. The number of nitrogens with zero attached hydrogens (tertiary/aromatic N) is 2. The minimum atomic E-state index is -0.842. The Bertz CT molecular complexity index is 1880. The standard InChI is InChI=1S/C34H33ClN2O6S/c1-5-10-25-30(33(39)42-6-2)31(24-19-23(35)14-16-26(24)40-3)37-32(38)29(44-34(37)36-25)18-22-13-15-27(28(17-22)41-4)43-20-21-11-8-7-9-12-21/h7-9,11-19,31H,5-6,10,20H2,1-4H3/b29-18+/t31-/m0/s1. The van der Waals surface area contributed by atoms with Crippen molar-refractivity contribution >= 4 is 35.0 Å². The summed E-state index contributed by atoms with van der Waals surface area (Å²) in [5.74, 6) is 1.09. The highest BCUT2D eigenvalue weighted by Crippen LogP contribution is 2.38. The fraction of sp³-hybridized carbons (Fsp3) is 0.265. The third-order valence-electron chi connectivity index (χ3n) is 7.10. The zero-order valence-corrected chi connectivity index (χ0v) is 26.5. The molecule has 0 aliphatic carbocycles. The van der Waals surface area contributed by atoms with Crippen molar-refractivity contribution in [2.45, 2.75) is 39.3 Å². The molecule has 0 unspecified atom stereocenters. The molecule has 10 heteroatoms. The monoisotopic (exact) mass is 632 g/mol. The number of hydrogen-bond acceptors (Lipinski definition) is 8. The van der Waals surface area contributed by atoms with Crippen LogP contribution in [0.15, 0.2) is 87.8 Å². The minimum absolute atomic E-state index is 0.179. The number of thiazole rings is 1. The summed E-state index contributed by atoms with van der Waals surface area (Å²) in [6, 6.07) is 19.7. The molecule has 0 saturated heterocycles. The first kappa shape index (κ1) is 31.1. The third kappa shape index (κ3) is 6.44. The highest BCUT2D eigenvalue weighted by molar-refractivity contribution is 7.07. The van der Waals surface area contributed by atoms with Gasteiger partial charge in [-0.3, -0.25) is 9.36 Å². The van der Waals surface area contributed by atoms with Crippen LogP contribution in [0.2, 0.25) is 5.02 Å². The van der Waals surface area contributed by atoms with E-state index in [1.807, 2.05) is 55.5 Å². The Morgan fingerprint density at radius 1 is 1.00 bits per heavy atom. The van der Waals surface area contributed by atoms with Crippen molar-refractivity contribution in [1.29, 1.82) is 0 Å². The molecule has 0 fully saturated rings. The molecule has 0 spiro atoms. The number of benzene rings is 3. The van der Waals surface area contributed by atoms with E-state index in [9.17, 15) is 9.59 Å². The predicted molar refractivity (Wildman–Crippen MR) is 171 cm³/mol. The first-order chi connectivity index (χ1) is 21.4. The number of fused-ring (bicyclic) bond motifs is 1. The second-order valence-electron chi connectivity index (χ2n) is 9.98.